The highest BCUT2D eigenvalue weighted by Crippen LogP contribution is 2.26. The van der Waals surface area contributed by atoms with Crippen molar-refractivity contribution in [2.45, 2.75) is 6.92 Å². The van der Waals surface area contributed by atoms with Crippen molar-refractivity contribution in [3.05, 3.63) is 83.7 Å². The van der Waals surface area contributed by atoms with Crippen molar-refractivity contribution in [3.63, 3.8) is 0 Å². The lowest BCUT2D eigenvalue weighted by Crippen LogP contribution is -2.54. The number of aryl methyl sites for hydroxylation is 1. The summed E-state index contributed by atoms with van der Waals surface area (Å²) in [4.78, 5) is 27.1. The molecule has 1 aromatic heterocycles. The third-order valence-corrected chi connectivity index (χ3v) is 4.94. The van der Waals surface area contributed by atoms with Crippen molar-refractivity contribution < 1.29 is 14.7 Å². The van der Waals surface area contributed by atoms with Crippen LogP contribution < -0.4 is 10.2 Å². The van der Waals surface area contributed by atoms with Gasteiger partial charge >= 0.3 is 0 Å². The fourth-order valence-corrected chi connectivity index (χ4v) is 3.47. The third kappa shape index (κ3) is 3.43. The van der Waals surface area contributed by atoms with Crippen LogP contribution in [-0.2, 0) is 9.59 Å². The molecule has 2 amide bonds. The Labute approximate surface area is 172 Å². The van der Waals surface area contributed by atoms with Crippen molar-refractivity contribution in [2.75, 3.05) is 4.90 Å². The Morgan fingerprint density at radius 1 is 1.00 bits per heavy atom. The number of para-hydroxylation sites is 1. The van der Waals surface area contributed by atoms with E-state index in [1.807, 2.05) is 42.0 Å². The van der Waals surface area contributed by atoms with Gasteiger partial charge in [0.05, 0.1) is 5.69 Å². The van der Waals surface area contributed by atoms with Gasteiger partial charge in [0.1, 0.15) is 11.3 Å². The lowest BCUT2D eigenvalue weighted by Gasteiger charge is -2.30. The number of aromatic hydroxyl groups is 1. The molecular weight excluding hydrogens is 386 g/mol. The Morgan fingerprint density at radius 2 is 1.72 bits per heavy atom. The normalized spacial score (nSPS) is 15.7. The average Bonchev–Trinajstić information content (AvgIpc) is 3.15. The largest absolute Gasteiger partial charge is 0.508 e. The van der Waals surface area contributed by atoms with E-state index in [2.05, 4.69) is 5.32 Å². The maximum absolute atomic E-state index is 13.2. The Morgan fingerprint density at radius 3 is 2.45 bits per heavy atom. The fourth-order valence-electron chi connectivity index (χ4n) is 3.20. The molecule has 4 rings (SSSR count). The lowest BCUT2D eigenvalue weighted by atomic mass is 10.1. The summed E-state index contributed by atoms with van der Waals surface area (Å²) < 4.78 is 1.82. The number of carbonyl (C=O) groups excluding carboxylic acids is 2. The topological polar surface area (TPSA) is 74.6 Å². The number of rotatable bonds is 3. The van der Waals surface area contributed by atoms with E-state index in [1.54, 1.807) is 36.4 Å². The first kappa shape index (κ1) is 18.6. The molecule has 2 aromatic carbocycles. The van der Waals surface area contributed by atoms with Crippen LogP contribution >= 0.6 is 12.2 Å². The lowest BCUT2D eigenvalue weighted by molar-refractivity contribution is -0.122. The highest BCUT2D eigenvalue weighted by Gasteiger charge is 2.35. The molecule has 0 radical (unpaired) electrons. The van der Waals surface area contributed by atoms with Crippen LogP contribution in [-0.4, -0.2) is 26.6 Å². The second-order valence-electron chi connectivity index (χ2n) is 6.56. The van der Waals surface area contributed by atoms with E-state index in [1.165, 1.54) is 11.0 Å². The first-order chi connectivity index (χ1) is 14.0. The van der Waals surface area contributed by atoms with Crippen LogP contribution in [0.15, 0.2) is 72.4 Å². The molecule has 0 atom stereocenters. The van der Waals surface area contributed by atoms with Gasteiger partial charge < -0.3 is 9.67 Å². The molecule has 0 saturated carbocycles. The third-order valence-electron chi connectivity index (χ3n) is 4.66. The van der Waals surface area contributed by atoms with Crippen LogP contribution in [0.2, 0.25) is 0 Å². The van der Waals surface area contributed by atoms with Crippen molar-refractivity contribution in [1.82, 2.24) is 9.88 Å². The van der Waals surface area contributed by atoms with Crippen molar-refractivity contribution >= 4 is 40.9 Å². The molecule has 2 heterocycles. The number of hydrogen-bond acceptors (Lipinski definition) is 4. The van der Waals surface area contributed by atoms with E-state index in [9.17, 15) is 14.7 Å². The molecule has 0 bridgehead atoms. The standard InChI is InChI=1S/C22H17N3O3S/c1-14-5-2-3-7-19(14)25-21(28)18(20(27)23-22(25)29)13-16-6-4-12-24(16)15-8-10-17(26)11-9-15/h2-13,26H,1H3,(H,23,27,29)/b18-13-. The number of phenols is 1. The molecule has 0 unspecified atom stereocenters. The number of thiocarbonyl (C=S) groups is 1. The maximum Gasteiger partial charge on any atom is 0.270 e. The monoisotopic (exact) mass is 403 g/mol. The van der Waals surface area contributed by atoms with E-state index >= 15 is 0 Å². The van der Waals surface area contributed by atoms with E-state index in [-0.39, 0.29) is 16.4 Å². The summed E-state index contributed by atoms with van der Waals surface area (Å²) in [6, 6.07) is 17.6. The molecule has 7 heteroatoms. The molecule has 6 nitrogen and oxygen atoms in total. The summed E-state index contributed by atoms with van der Waals surface area (Å²) in [5.74, 6) is -0.861. The minimum absolute atomic E-state index is 0.0134. The van der Waals surface area contributed by atoms with Crippen LogP contribution in [0.3, 0.4) is 0 Å². The smallest absolute Gasteiger partial charge is 0.270 e. The average molecular weight is 403 g/mol. The van der Waals surface area contributed by atoms with Gasteiger partial charge in [-0.1, -0.05) is 18.2 Å². The summed E-state index contributed by atoms with van der Waals surface area (Å²) in [6.45, 7) is 1.88. The summed E-state index contributed by atoms with van der Waals surface area (Å²) in [5.41, 5.74) is 2.91. The number of aromatic nitrogens is 1. The van der Waals surface area contributed by atoms with Crippen LogP contribution in [0.25, 0.3) is 11.8 Å². The number of nitrogens with one attached hydrogen (secondary N) is 1. The number of phenolic OH excluding ortho intramolecular Hbond substituents is 1. The van der Waals surface area contributed by atoms with E-state index in [0.29, 0.717) is 11.4 Å². The molecule has 29 heavy (non-hydrogen) atoms. The Hall–Kier alpha value is -3.71. The second kappa shape index (κ2) is 7.37. The minimum Gasteiger partial charge on any atom is -0.508 e. The molecule has 0 aliphatic carbocycles. The van der Waals surface area contributed by atoms with Crippen molar-refractivity contribution in [2.24, 2.45) is 0 Å². The van der Waals surface area contributed by atoms with Crippen LogP contribution in [0.5, 0.6) is 5.75 Å². The molecule has 1 saturated heterocycles. The fraction of sp³-hybridized carbons (Fsp3) is 0.0455. The first-order valence-electron chi connectivity index (χ1n) is 8.89. The Kier molecular flexibility index (Phi) is 4.74. The highest BCUT2D eigenvalue weighted by atomic mass is 32.1. The summed E-state index contributed by atoms with van der Waals surface area (Å²) >= 11 is 5.26. The van der Waals surface area contributed by atoms with Gasteiger partial charge in [-0.3, -0.25) is 19.8 Å². The Bertz CT molecular complexity index is 1160. The second-order valence-corrected chi connectivity index (χ2v) is 6.95. The summed E-state index contributed by atoms with van der Waals surface area (Å²) in [6.07, 6.45) is 3.35. The zero-order valence-corrected chi connectivity index (χ0v) is 16.3. The van der Waals surface area contributed by atoms with Crippen LogP contribution in [0, 0.1) is 6.92 Å². The van der Waals surface area contributed by atoms with Gasteiger partial charge in [0.15, 0.2) is 5.11 Å². The Balaban J connectivity index is 1.76. The van der Waals surface area contributed by atoms with Gasteiger partial charge in [0.2, 0.25) is 0 Å². The number of amides is 2. The predicted molar refractivity (Wildman–Crippen MR) is 115 cm³/mol. The molecular formula is C22H17N3O3S. The van der Waals surface area contributed by atoms with Gasteiger partial charge in [0, 0.05) is 17.6 Å². The zero-order valence-electron chi connectivity index (χ0n) is 15.5. The number of benzene rings is 2. The van der Waals surface area contributed by atoms with E-state index in [4.69, 9.17) is 12.2 Å². The SMILES string of the molecule is Cc1ccccc1N1C(=O)/C(=C\c2cccn2-c2ccc(O)cc2)C(=O)NC1=S. The number of nitrogens with zero attached hydrogens (tertiary/aromatic N) is 2. The number of hydrogen-bond donors (Lipinski definition) is 2. The van der Waals surface area contributed by atoms with Crippen LogP contribution in [0.4, 0.5) is 5.69 Å². The van der Waals surface area contributed by atoms with Gasteiger partial charge in [-0.25, -0.2) is 0 Å². The van der Waals surface area contributed by atoms with Gasteiger partial charge in [-0.15, -0.1) is 0 Å². The molecule has 0 spiro atoms. The molecule has 1 aliphatic heterocycles. The minimum atomic E-state index is -0.539. The molecule has 144 valence electrons. The number of anilines is 1. The van der Waals surface area contributed by atoms with E-state index in [0.717, 1.165) is 11.3 Å². The molecule has 2 N–H and O–H groups in total. The molecule has 1 aliphatic rings. The van der Waals surface area contributed by atoms with Gasteiger partial charge in [0.25, 0.3) is 11.8 Å². The van der Waals surface area contributed by atoms with E-state index < -0.39 is 11.8 Å². The van der Waals surface area contributed by atoms with Crippen LogP contribution in [0.1, 0.15) is 11.3 Å². The molecule has 1 fully saturated rings. The quantitative estimate of drug-likeness (QED) is 0.400. The maximum atomic E-state index is 13.2. The van der Waals surface area contributed by atoms with Crippen molar-refractivity contribution in [1.29, 1.82) is 0 Å². The zero-order chi connectivity index (χ0) is 20.5. The van der Waals surface area contributed by atoms with Gasteiger partial charge in [-0.05, 0) is 73.2 Å². The van der Waals surface area contributed by atoms with Gasteiger partial charge in [-0.2, -0.15) is 0 Å². The first-order valence-corrected chi connectivity index (χ1v) is 9.30. The molecule has 3 aromatic rings. The predicted octanol–water partition coefficient (Wildman–Crippen LogP) is 3.32. The summed E-state index contributed by atoms with van der Waals surface area (Å²) in [5, 5.41) is 12.2. The van der Waals surface area contributed by atoms with Crippen molar-refractivity contribution in [3.8, 4) is 11.4 Å². The number of carbonyl (C=O) groups is 2. The highest BCUT2D eigenvalue weighted by molar-refractivity contribution is 7.80. The summed E-state index contributed by atoms with van der Waals surface area (Å²) in [7, 11) is 0.